The highest BCUT2D eigenvalue weighted by Gasteiger charge is 2.22. The second-order valence-corrected chi connectivity index (χ2v) is 6.51. The van der Waals surface area contributed by atoms with Crippen molar-refractivity contribution in [3.8, 4) is 11.5 Å². The maximum Gasteiger partial charge on any atom is 0.292 e. The fourth-order valence-electron chi connectivity index (χ4n) is 3.20. The third kappa shape index (κ3) is 3.60. The molecule has 0 fully saturated rings. The van der Waals surface area contributed by atoms with Crippen molar-refractivity contribution in [3.05, 3.63) is 76.4 Å². The number of aromatic amines is 1. The Kier molecular flexibility index (Phi) is 4.82. The zero-order valence-corrected chi connectivity index (χ0v) is 15.6. The van der Waals surface area contributed by atoms with Crippen LogP contribution >= 0.6 is 0 Å². The summed E-state index contributed by atoms with van der Waals surface area (Å²) < 4.78 is 6.50. The van der Waals surface area contributed by atoms with Crippen LogP contribution in [0.25, 0.3) is 22.4 Å². The first kappa shape index (κ1) is 18.4. The lowest BCUT2D eigenvalue weighted by atomic mass is 10.1. The SMILES string of the molecule is Cc1[nH]c2ccccc2c1C(=O)C(=O)NCCn1nc(-c2ccco2)ccc1=O. The van der Waals surface area contributed by atoms with E-state index in [4.69, 9.17) is 4.42 Å². The molecule has 0 spiro atoms. The second-order valence-electron chi connectivity index (χ2n) is 6.51. The van der Waals surface area contributed by atoms with Gasteiger partial charge < -0.3 is 14.7 Å². The van der Waals surface area contributed by atoms with Gasteiger partial charge in [0.15, 0.2) is 5.76 Å². The van der Waals surface area contributed by atoms with Crippen molar-refractivity contribution in [2.24, 2.45) is 0 Å². The molecule has 3 heterocycles. The summed E-state index contributed by atoms with van der Waals surface area (Å²) in [5.41, 5.74) is 1.98. The first-order chi connectivity index (χ1) is 14.0. The molecule has 4 rings (SSSR count). The zero-order valence-electron chi connectivity index (χ0n) is 15.6. The Hall–Kier alpha value is -3.94. The Labute approximate surface area is 165 Å². The van der Waals surface area contributed by atoms with Gasteiger partial charge in [0.2, 0.25) is 0 Å². The van der Waals surface area contributed by atoms with Gasteiger partial charge in [0.25, 0.3) is 17.2 Å². The normalized spacial score (nSPS) is 10.9. The summed E-state index contributed by atoms with van der Waals surface area (Å²) in [5.74, 6) is -0.814. The van der Waals surface area contributed by atoms with Crippen molar-refractivity contribution in [1.29, 1.82) is 0 Å². The number of hydrogen-bond acceptors (Lipinski definition) is 5. The molecule has 1 amide bonds. The number of carbonyl (C=O) groups excluding carboxylic acids is 2. The number of rotatable bonds is 6. The van der Waals surface area contributed by atoms with E-state index in [2.05, 4.69) is 15.4 Å². The first-order valence-electron chi connectivity index (χ1n) is 9.06. The zero-order chi connectivity index (χ0) is 20.4. The van der Waals surface area contributed by atoms with E-state index in [1.54, 1.807) is 31.2 Å². The predicted octanol–water partition coefficient (Wildman–Crippen LogP) is 2.29. The molecule has 0 aliphatic rings. The molecule has 0 radical (unpaired) electrons. The molecule has 1 aromatic carbocycles. The van der Waals surface area contributed by atoms with Crippen LogP contribution < -0.4 is 10.9 Å². The van der Waals surface area contributed by atoms with Gasteiger partial charge in [-0.25, -0.2) is 4.68 Å². The minimum atomic E-state index is -0.729. The van der Waals surface area contributed by atoms with E-state index >= 15 is 0 Å². The fourth-order valence-corrected chi connectivity index (χ4v) is 3.20. The quantitative estimate of drug-likeness (QED) is 0.388. The largest absolute Gasteiger partial charge is 0.463 e. The molecule has 8 nitrogen and oxygen atoms in total. The highest BCUT2D eigenvalue weighted by Crippen LogP contribution is 2.22. The average molecular weight is 390 g/mol. The highest BCUT2D eigenvalue weighted by molar-refractivity contribution is 6.45. The van der Waals surface area contributed by atoms with Crippen molar-refractivity contribution >= 4 is 22.6 Å². The molecule has 0 unspecified atom stereocenters. The van der Waals surface area contributed by atoms with E-state index in [9.17, 15) is 14.4 Å². The van der Waals surface area contributed by atoms with E-state index in [1.165, 1.54) is 17.0 Å². The van der Waals surface area contributed by atoms with Gasteiger partial charge >= 0.3 is 0 Å². The molecule has 0 aliphatic carbocycles. The van der Waals surface area contributed by atoms with Crippen LogP contribution in [0.4, 0.5) is 0 Å². The lowest BCUT2D eigenvalue weighted by molar-refractivity contribution is -0.117. The number of nitrogens with zero attached hydrogens (tertiary/aromatic N) is 2. The molecule has 4 aromatic rings. The van der Waals surface area contributed by atoms with Gasteiger partial charge in [0, 0.05) is 29.2 Å². The van der Waals surface area contributed by atoms with Crippen LogP contribution in [0.2, 0.25) is 0 Å². The van der Waals surface area contributed by atoms with Gasteiger partial charge in [0.05, 0.1) is 18.4 Å². The van der Waals surface area contributed by atoms with Crippen LogP contribution in [0.1, 0.15) is 16.1 Å². The number of aryl methyl sites for hydroxylation is 1. The Morgan fingerprint density at radius 2 is 1.97 bits per heavy atom. The maximum absolute atomic E-state index is 12.6. The molecule has 2 N–H and O–H groups in total. The van der Waals surface area contributed by atoms with Crippen LogP contribution in [0.3, 0.4) is 0 Å². The number of furan rings is 1. The summed E-state index contributed by atoms with van der Waals surface area (Å²) in [4.78, 5) is 40.1. The first-order valence-corrected chi connectivity index (χ1v) is 9.06. The van der Waals surface area contributed by atoms with Crippen molar-refractivity contribution < 1.29 is 14.0 Å². The number of benzene rings is 1. The Morgan fingerprint density at radius 3 is 2.76 bits per heavy atom. The number of H-pyrrole nitrogens is 1. The Morgan fingerprint density at radius 1 is 1.14 bits per heavy atom. The third-order valence-electron chi connectivity index (χ3n) is 4.58. The summed E-state index contributed by atoms with van der Waals surface area (Å²) in [7, 11) is 0. The Bertz CT molecular complexity index is 1250. The number of hydrogen-bond donors (Lipinski definition) is 2. The third-order valence-corrected chi connectivity index (χ3v) is 4.58. The summed E-state index contributed by atoms with van der Waals surface area (Å²) in [6, 6.07) is 13.7. The molecule has 0 saturated heterocycles. The van der Waals surface area contributed by atoms with Gasteiger partial charge in [-0.05, 0) is 31.2 Å². The van der Waals surface area contributed by atoms with Crippen LogP contribution in [-0.4, -0.2) is 33.0 Å². The summed E-state index contributed by atoms with van der Waals surface area (Å²) in [5, 5.41) is 7.50. The van der Waals surface area contributed by atoms with Gasteiger partial charge in [-0.2, -0.15) is 5.10 Å². The highest BCUT2D eigenvalue weighted by atomic mass is 16.3. The fraction of sp³-hybridized carbons (Fsp3) is 0.143. The summed E-state index contributed by atoms with van der Waals surface area (Å²) >= 11 is 0. The van der Waals surface area contributed by atoms with Crippen LogP contribution in [0.15, 0.2) is 64.0 Å². The van der Waals surface area contributed by atoms with E-state index in [1.807, 2.05) is 18.2 Å². The van der Waals surface area contributed by atoms with Crippen molar-refractivity contribution in [2.45, 2.75) is 13.5 Å². The Balaban J connectivity index is 1.45. The van der Waals surface area contributed by atoms with E-state index in [-0.39, 0.29) is 18.6 Å². The lowest BCUT2D eigenvalue weighted by Crippen LogP contribution is -2.36. The predicted molar refractivity (Wildman–Crippen MR) is 107 cm³/mol. The van der Waals surface area contributed by atoms with E-state index < -0.39 is 11.7 Å². The molecule has 29 heavy (non-hydrogen) atoms. The van der Waals surface area contributed by atoms with Gasteiger partial charge in [0.1, 0.15) is 5.69 Å². The lowest BCUT2D eigenvalue weighted by Gasteiger charge is -2.07. The number of amides is 1. The van der Waals surface area contributed by atoms with Crippen LogP contribution in [0, 0.1) is 6.92 Å². The van der Waals surface area contributed by atoms with Crippen molar-refractivity contribution in [2.75, 3.05) is 6.54 Å². The topological polar surface area (TPSA) is 110 Å². The molecule has 0 aliphatic heterocycles. The number of para-hydroxylation sites is 1. The van der Waals surface area contributed by atoms with Crippen LogP contribution in [0.5, 0.6) is 0 Å². The number of Topliss-reactive ketones (excluding diaryl/α,β-unsaturated/α-hetero) is 1. The minimum Gasteiger partial charge on any atom is -0.463 e. The smallest absolute Gasteiger partial charge is 0.292 e. The van der Waals surface area contributed by atoms with Gasteiger partial charge in [-0.15, -0.1) is 0 Å². The molecule has 146 valence electrons. The van der Waals surface area contributed by atoms with E-state index in [0.29, 0.717) is 28.1 Å². The molecule has 3 aromatic heterocycles. The number of nitrogens with one attached hydrogen (secondary N) is 2. The number of ketones is 1. The van der Waals surface area contributed by atoms with E-state index in [0.717, 1.165) is 5.52 Å². The van der Waals surface area contributed by atoms with Gasteiger partial charge in [-0.3, -0.25) is 14.4 Å². The maximum atomic E-state index is 12.6. The summed E-state index contributed by atoms with van der Waals surface area (Å²) in [6.07, 6.45) is 1.52. The monoisotopic (exact) mass is 390 g/mol. The molecular formula is C21H18N4O4. The molecule has 8 heteroatoms. The second kappa shape index (κ2) is 7.59. The molecule has 0 bridgehead atoms. The molecular weight excluding hydrogens is 372 g/mol. The van der Waals surface area contributed by atoms with Crippen molar-refractivity contribution in [3.63, 3.8) is 0 Å². The standard InChI is InChI=1S/C21H18N4O4/c1-13-19(14-5-2-3-6-15(14)23-13)20(27)21(28)22-10-11-25-18(26)9-8-16(24-25)17-7-4-12-29-17/h2-9,12,23H,10-11H2,1H3,(H,22,28). The van der Waals surface area contributed by atoms with Gasteiger partial charge in [-0.1, -0.05) is 18.2 Å². The minimum absolute atomic E-state index is 0.0838. The summed E-state index contributed by atoms with van der Waals surface area (Å²) in [6.45, 7) is 1.96. The average Bonchev–Trinajstić information content (AvgIpc) is 3.36. The van der Waals surface area contributed by atoms with Crippen LogP contribution in [-0.2, 0) is 11.3 Å². The number of carbonyl (C=O) groups is 2. The van der Waals surface area contributed by atoms with Crippen molar-refractivity contribution in [1.82, 2.24) is 20.1 Å². The molecule has 0 atom stereocenters. The molecule has 0 saturated carbocycles. The number of aromatic nitrogens is 3. The number of fused-ring (bicyclic) bond motifs is 1.